The summed E-state index contributed by atoms with van der Waals surface area (Å²) in [5.74, 6) is -8.35. The summed E-state index contributed by atoms with van der Waals surface area (Å²) in [6.07, 6.45) is -3.54. The average molecular weight is 817 g/mol. The maximum Gasteiger partial charge on any atom is 0.338 e. The molecule has 320 valence electrons. The number of furan rings is 1. The van der Waals surface area contributed by atoms with Gasteiger partial charge in [-0.15, -0.1) is 0 Å². The summed E-state index contributed by atoms with van der Waals surface area (Å²) in [6, 6.07) is 1.65. The van der Waals surface area contributed by atoms with Gasteiger partial charge in [0.1, 0.15) is 53.1 Å². The number of allylic oxidation sites excluding steroid dienone is 1. The molecule has 15 atom stereocenters. The van der Waals surface area contributed by atoms with Crippen LogP contribution in [-0.4, -0.2) is 110 Å². The van der Waals surface area contributed by atoms with Crippen LogP contribution >= 0.6 is 0 Å². The maximum absolute atomic E-state index is 15.0. The highest BCUT2D eigenvalue weighted by Gasteiger charge is 3.06. The normalized spacial score (nSPS) is 48.7. The van der Waals surface area contributed by atoms with Crippen molar-refractivity contribution in [1.82, 2.24) is 0 Å². The van der Waals surface area contributed by atoms with Crippen LogP contribution < -0.4 is 0 Å². The van der Waals surface area contributed by atoms with Crippen LogP contribution in [0, 0.1) is 39.9 Å². The molecule has 4 aliphatic carbocycles. The summed E-state index contributed by atoms with van der Waals surface area (Å²) in [5.41, 5.74) is -11.1. The molecule has 7 fully saturated rings. The number of aliphatic hydroxyl groups excluding tert-OH is 1. The summed E-state index contributed by atoms with van der Waals surface area (Å²) in [4.78, 5) is 56.2. The predicted octanol–water partition coefficient (Wildman–Crippen LogP) is 4.49. The van der Waals surface area contributed by atoms with Crippen molar-refractivity contribution in [3.05, 3.63) is 35.5 Å². The van der Waals surface area contributed by atoms with E-state index in [-0.39, 0.29) is 24.2 Å². The van der Waals surface area contributed by atoms with Crippen molar-refractivity contribution in [2.75, 3.05) is 28.4 Å². The lowest BCUT2D eigenvalue weighted by Crippen LogP contribution is -2.97. The monoisotopic (exact) mass is 816 g/mol. The van der Waals surface area contributed by atoms with Gasteiger partial charge in [-0.25, -0.2) is 4.79 Å². The number of cyclic esters (lactones) is 1. The zero-order valence-corrected chi connectivity index (χ0v) is 35.4. The second-order valence-electron chi connectivity index (χ2n) is 18.6. The molecule has 16 nitrogen and oxygen atoms in total. The minimum Gasteiger partial charge on any atom is -0.511 e. The van der Waals surface area contributed by atoms with Crippen molar-refractivity contribution >= 4 is 23.9 Å². The van der Waals surface area contributed by atoms with E-state index in [2.05, 4.69) is 0 Å². The van der Waals surface area contributed by atoms with Crippen LogP contribution in [0.2, 0.25) is 0 Å². The summed E-state index contributed by atoms with van der Waals surface area (Å²) in [6.45, 7) is 15.4. The van der Waals surface area contributed by atoms with Crippen molar-refractivity contribution in [2.45, 2.75) is 134 Å². The molecule has 1 N–H and O–H groups in total. The molecule has 0 radical (unpaired) electrons. The number of aliphatic hydroxyl groups is 1. The number of carbonyl (C=O) groups excluding carboxylic acids is 4. The van der Waals surface area contributed by atoms with E-state index in [1.165, 1.54) is 47.9 Å². The number of fused-ring (bicyclic) bond motifs is 3. The van der Waals surface area contributed by atoms with E-state index in [0.717, 1.165) is 0 Å². The second kappa shape index (κ2) is 12.5. The van der Waals surface area contributed by atoms with Crippen LogP contribution in [0.3, 0.4) is 0 Å². The van der Waals surface area contributed by atoms with Crippen LogP contribution in [0.1, 0.15) is 86.8 Å². The van der Waals surface area contributed by atoms with Crippen LogP contribution in [0.4, 0.5) is 0 Å². The van der Waals surface area contributed by atoms with E-state index >= 15 is 0 Å². The van der Waals surface area contributed by atoms with Gasteiger partial charge in [0.25, 0.3) is 5.97 Å². The molecule has 4 saturated carbocycles. The summed E-state index contributed by atoms with van der Waals surface area (Å²) in [5, 5.41) is 12.3. The summed E-state index contributed by atoms with van der Waals surface area (Å²) in [7, 11) is 5.70. The van der Waals surface area contributed by atoms with E-state index in [1.54, 1.807) is 47.6 Å². The van der Waals surface area contributed by atoms with Crippen LogP contribution in [0.25, 0.3) is 0 Å². The van der Waals surface area contributed by atoms with Crippen LogP contribution in [0.15, 0.2) is 34.3 Å². The molecule has 6 unspecified atom stereocenters. The SMILES string of the molecule is COC(=O)C[C@H]1C2(C)CC34OC5(C)O[C@@]6([C@H](OC)C(OC(=O)C(C)C)[C@]7(C)C(C(=C(O)C(C)C)C(=O)O[C@H]7c7ccoc7)[C@@]6(O5)[C@H](OC)[C@@]3(OC)C2OC(C)=O)[C@]14C. The molecule has 4 bridgehead atoms. The largest absolute Gasteiger partial charge is 0.511 e. The van der Waals surface area contributed by atoms with Gasteiger partial charge < -0.3 is 56.9 Å². The lowest BCUT2D eigenvalue weighted by Gasteiger charge is -2.79. The van der Waals surface area contributed by atoms with Gasteiger partial charge in [0.15, 0.2) is 5.60 Å². The van der Waals surface area contributed by atoms with E-state index in [0.29, 0.717) is 5.56 Å². The fraction of sp³-hybridized carbons (Fsp3) is 0.762. The Morgan fingerprint density at radius 2 is 1.60 bits per heavy atom. The number of rotatable bonds is 10. The molecule has 0 amide bonds. The molecule has 16 heteroatoms. The fourth-order valence-electron chi connectivity index (χ4n) is 14.0. The molecule has 3 aliphatic heterocycles. The number of hydrogen-bond acceptors (Lipinski definition) is 16. The Balaban J connectivity index is 1.60. The second-order valence-corrected chi connectivity index (χ2v) is 18.6. The van der Waals surface area contributed by atoms with Crippen molar-refractivity contribution in [3.63, 3.8) is 0 Å². The summed E-state index contributed by atoms with van der Waals surface area (Å²) >= 11 is 0. The van der Waals surface area contributed by atoms with Crippen LogP contribution in [0.5, 0.6) is 0 Å². The maximum atomic E-state index is 15.0. The number of ether oxygens (including phenoxy) is 10. The third-order valence-corrected chi connectivity index (χ3v) is 15.5. The molecule has 7 aliphatic rings. The summed E-state index contributed by atoms with van der Waals surface area (Å²) < 4.78 is 72.9. The van der Waals surface area contributed by atoms with Gasteiger partial charge in [-0.3, -0.25) is 14.4 Å². The van der Waals surface area contributed by atoms with Crippen molar-refractivity contribution in [2.24, 2.45) is 39.9 Å². The molecular formula is C42H56O16. The van der Waals surface area contributed by atoms with E-state index in [4.69, 9.17) is 51.8 Å². The molecule has 58 heavy (non-hydrogen) atoms. The van der Waals surface area contributed by atoms with Gasteiger partial charge in [0, 0.05) is 69.8 Å². The zero-order chi connectivity index (χ0) is 42.6. The number of methoxy groups -OCH3 is 4. The minimum absolute atomic E-state index is 0.151. The third kappa shape index (κ3) is 4.17. The Hall–Kier alpha value is -3.54. The predicted molar refractivity (Wildman–Crippen MR) is 196 cm³/mol. The lowest BCUT2D eigenvalue weighted by atomic mass is 9.32. The average Bonchev–Trinajstić information content (AvgIpc) is 3.85. The van der Waals surface area contributed by atoms with E-state index in [9.17, 15) is 24.3 Å². The molecule has 2 spiro atoms. The Morgan fingerprint density at radius 3 is 2.14 bits per heavy atom. The zero-order valence-electron chi connectivity index (χ0n) is 35.4. The Labute approximate surface area is 337 Å². The molecule has 1 aromatic heterocycles. The van der Waals surface area contributed by atoms with Gasteiger partial charge in [-0.05, 0) is 18.4 Å². The fourth-order valence-corrected chi connectivity index (χ4v) is 14.0. The first-order valence-corrected chi connectivity index (χ1v) is 19.9. The number of esters is 4. The van der Waals surface area contributed by atoms with Gasteiger partial charge in [0.05, 0.1) is 36.5 Å². The standard InChI is InChI=1S/C42H56O16/c1-19(2)26(45)25-27-36(7,28(54-32(25)47)22-14-15-52-17-22)29(55-31(46)20(3)4)30(49-11)42-37(8)23(16-24(44)48-10)35(6)18-39(37)41(51-13,33(35)53-21(5)43)34(50-12)40(27,42)57-38(9,56-39)58-42/h14-15,17,19-20,23,27-30,33-34,45H,16,18H2,1-13H3/t23-,27?,28-,29?,30+,33?,34-,35?,36+,37+,38?,39?,40+,41-,42-/m0/s1. The quantitative estimate of drug-likeness (QED) is 0.150. The molecule has 4 heterocycles. The molecule has 1 aromatic rings. The topological polar surface area (TPSA) is 194 Å². The first-order valence-electron chi connectivity index (χ1n) is 19.9. The molecule has 3 saturated heterocycles. The molecule has 0 aromatic carbocycles. The van der Waals surface area contributed by atoms with Crippen molar-refractivity contribution < 1.29 is 76.1 Å². The highest BCUT2D eigenvalue weighted by molar-refractivity contribution is 5.92. The first kappa shape index (κ1) is 41.2. The Kier molecular flexibility index (Phi) is 8.89. The highest BCUT2D eigenvalue weighted by Crippen LogP contribution is 2.90. The van der Waals surface area contributed by atoms with E-state index in [1.807, 2.05) is 13.8 Å². The van der Waals surface area contributed by atoms with Crippen molar-refractivity contribution in [3.8, 4) is 0 Å². The minimum atomic E-state index is -2.03. The Morgan fingerprint density at radius 1 is 0.914 bits per heavy atom. The third-order valence-electron chi connectivity index (χ3n) is 15.5. The van der Waals surface area contributed by atoms with Crippen LogP contribution in [-0.2, 0) is 66.5 Å². The van der Waals surface area contributed by atoms with Gasteiger partial charge in [0.2, 0.25) is 0 Å². The van der Waals surface area contributed by atoms with E-state index < -0.39 is 123 Å². The first-order chi connectivity index (χ1) is 27.1. The Bertz CT molecular complexity index is 1960. The smallest absolute Gasteiger partial charge is 0.338 e. The van der Waals surface area contributed by atoms with Gasteiger partial charge >= 0.3 is 23.9 Å². The molecular weight excluding hydrogens is 760 g/mol. The van der Waals surface area contributed by atoms with Gasteiger partial charge in [-0.2, -0.15) is 0 Å². The highest BCUT2D eigenvalue weighted by atomic mass is 16.9. The van der Waals surface area contributed by atoms with Crippen molar-refractivity contribution in [1.29, 1.82) is 0 Å². The molecule has 8 rings (SSSR count). The number of hydrogen-bond donors (Lipinski definition) is 1. The lowest BCUT2D eigenvalue weighted by molar-refractivity contribution is -0.494. The van der Waals surface area contributed by atoms with Gasteiger partial charge in [-0.1, -0.05) is 48.5 Å². The number of carbonyl (C=O) groups is 4.